The first-order valence-corrected chi connectivity index (χ1v) is 12.9. The number of aromatic nitrogens is 4. The molecule has 1 fully saturated rings. The summed E-state index contributed by atoms with van der Waals surface area (Å²) in [7, 11) is 1.68. The molecule has 0 unspecified atom stereocenters. The van der Waals surface area contributed by atoms with E-state index in [9.17, 15) is 4.79 Å². The molecule has 0 bridgehead atoms. The van der Waals surface area contributed by atoms with Gasteiger partial charge in [0.1, 0.15) is 23.9 Å². The number of amidine groups is 1. The number of anilines is 1. The highest BCUT2D eigenvalue weighted by Gasteiger charge is 2.23. The number of methoxy groups -OCH3 is 1. The quantitative estimate of drug-likeness (QED) is 0.154. The van der Waals surface area contributed by atoms with E-state index in [0.717, 1.165) is 34.6 Å². The average Bonchev–Trinajstić information content (AvgIpc) is 3.70. The molecule has 10 nitrogen and oxygen atoms in total. The Kier molecular flexibility index (Phi) is 8.88. The van der Waals surface area contributed by atoms with E-state index in [4.69, 9.17) is 15.9 Å². The highest BCUT2D eigenvalue weighted by atomic mass is 16.5. The zero-order valence-corrected chi connectivity index (χ0v) is 22.8. The molecule has 0 saturated heterocycles. The van der Waals surface area contributed by atoms with Crippen LogP contribution in [0.4, 0.5) is 5.82 Å². The normalized spacial score (nSPS) is 12.5. The number of nitrogens with two attached hydrogens (primary N) is 1. The van der Waals surface area contributed by atoms with E-state index < -0.39 is 0 Å². The zero-order chi connectivity index (χ0) is 27.9. The van der Waals surface area contributed by atoms with Crippen molar-refractivity contribution in [2.75, 3.05) is 19.0 Å². The van der Waals surface area contributed by atoms with Crippen molar-refractivity contribution in [3.8, 4) is 5.88 Å². The molecule has 204 valence electrons. The largest absolute Gasteiger partial charge is 0.471 e. The van der Waals surface area contributed by atoms with E-state index in [1.165, 1.54) is 18.4 Å². The average molecular weight is 530 g/mol. The number of hydrogen-bond acceptors (Lipinski definition) is 8. The second-order valence-electron chi connectivity index (χ2n) is 9.52. The van der Waals surface area contributed by atoms with Crippen LogP contribution in [0.2, 0.25) is 0 Å². The van der Waals surface area contributed by atoms with E-state index in [1.54, 1.807) is 13.2 Å². The summed E-state index contributed by atoms with van der Waals surface area (Å²) in [5.41, 5.74) is 12.4. The fourth-order valence-corrected chi connectivity index (χ4v) is 4.20. The topological polar surface area (TPSA) is 141 Å². The molecule has 3 aromatic heterocycles. The number of fused-ring (bicyclic) bond motifs is 1. The molecule has 10 heteroatoms. The number of nitrogen functional groups attached to an aromatic ring is 1. The number of nitrogens with one attached hydrogen (secondary N) is 2. The number of hydrogen-bond donors (Lipinski definition) is 3. The molecule has 1 aliphatic carbocycles. The first-order valence-electron chi connectivity index (χ1n) is 12.9. The van der Waals surface area contributed by atoms with Crippen molar-refractivity contribution in [1.82, 2.24) is 19.4 Å². The molecule has 3 heterocycles. The van der Waals surface area contributed by atoms with Crippen LogP contribution in [0.1, 0.15) is 69.8 Å². The van der Waals surface area contributed by atoms with Gasteiger partial charge in [0.05, 0.1) is 5.69 Å². The molecule has 0 aliphatic heterocycles. The summed E-state index contributed by atoms with van der Waals surface area (Å²) in [5, 5.41) is 10.9. The van der Waals surface area contributed by atoms with Gasteiger partial charge < -0.3 is 24.9 Å². The minimum Gasteiger partial charge on any atom is -0.471 e. The van der Waals surface area contributed by atoms with Gasteiger partial charge in [-0.05, 0) is 80.0 Å². The van der Waals surface area contributed by atoms with Crippen molar-refractivity contribution in [1.29, 1.82) is 5.41 Å². The number of aryl methyl sites for hydroxylation is 2. The molecule has 1 aromatic carbocycles. The highest BCUT2D eigenvalue weighted by Crippen LogP contribution is 2.39. The van der Waals surface area contributed by atoms with E-state index in [1.807, 2.05) is 49.6 Å². The number of carbonyl (C=O) groups is 1. The van der Waals surface area contributed by atoms with E-state index in [2.05, 4.69) is 37.3 Å². The first-order chi connectivity index (χ1) is 18.8. The molecule has 0 spiro atoms. The van der Waals surface area contributed by atoms with Gasteiger partial charge in [0.2, 0.25) is 5.88 Å². The van der Waals surface area contributed by atoms with Crippen molar-refractivity contribution < 1.29 is 14.3 Å². The first kappa shape index (κ1) is 27.7. The number of benzene rings is 1. The van der Waals surface area contributed by atoms with Gasteiger partial charge in [0.15, 0.2) is 12.1 Å². The van der Waals surface area contributed by atoms with Crippen molar-refractivity contribution in [3.05, 3.63) is 82.1 Å². The molecular weight excluding hydrogens is 494 g/mol. The number of nitrogens with zero attached hydrogens (tertiary/aromatic N) is 4. The maximum Gasteiger partial charge on any atom is 0.219 e. The van der Waals surface area contributed by atoms with E-state index in [-0.39, 0.29) is 18.3 Å². The van der Waals surface area contributed by atoms with Gasteiger partial charge in [-0.15, -0.1) is 0 Å². The minimum atomic E-state index is 0.0365. The third-order valence-corrected chi connectivity index (χ3v) is 6.51. The van der Waals surface area contributed by atoms with Crippen LogP contribution in [0.15, 0.2) is 42.7 Å². The summed E-state index contributed by atoms with van der Waals surface area (Å²) >= 11 is 0. The minimum absolute atomic E-state index is 0.0365. The summed E-state index contributed by atoms with van der Waals surface area (Å²) < 4.78 is 12.4. The lowest BCUT2D eigenvalue weighted by Crippen LogP contribution is -2.13. The highest BCUT2D eigenvalue weighted by molar-refractivity contribution is 5.95. The van der Waals surface area contributed by atoms with Gasteiger partial charge in [-0.1, -0.05) is 6.07 Å². The fraction of sp³-hybridized carbons (Fsp3) is 0.345. The van der Waals surface area contributed by atoms with Gasteiger partial charge in [-0.3, -0.25) is 10.2 Å². The molecule has 0 amide bonds. The second-order valence-corrected chi connectivity index (χ2v) is 9.52. The summed E-state index contributed by atoms with van der Waals surface area (Å²) in [5.74, 6) is 1.53. The maximum absolute atomic E-state index is 11.4. The maximum atomic E-state index is 11.4. The molecule has 4 N–H and O–H groups in total. The van der Waals surface area contributed by atoms with Crippen LogP contribution in [-0.2, 0) is 17.9 Å². The van der Waals surface area contributed by atoms with Crippen LogP contribution in [-0.4, -0.2) is 45.2 Å². The molecule has 1 aliphatic rings. The molecule has 4 aromatic rings. The molecule has 39 heavy (non-hydrogen) atoms. The summed E-state index contributed by atoms with van der Waals surface area (Å²) in [6, 6.07) is 9.62. The zero-order valence-electron chi connectivity index (χ0n) is 22.8. The third kappa shape index (κ3) is 7.17. The second kappa shape index (κ2) is 12.5. The summed E-state index contributed by atoms with van der Waals surface area (Å²) in [4.78, 5) is 24.5. The SMILES string of the molecule is CCOC.Cc1cc(C(=N)N)cc(C)c1CNc1cc(OCc2cn3cc(C4CC4)ccc3n2)nc(C=O)n1. The molecular formula is C29H35N7O3. The van der Waals surface area contributed by atoms with Crippen LogP contribution < -0.4 is 15.8 Å². The smallest absolute Gasteiger partial charge is 0.219 e. The Bertz CT molecular complexity index is 1450. The Hall–Kier alpha value is -4.31. The molecule has 0 atom stereocenters. The van der Waals surface area contributed by atoms with E-state index >= 15 is 0 Å². The molecule has 1 saturated carbocycles. The fourth-order valence-electron chi connectivity index (χ4n) is 4.20. The number of aldehydes is 1. The molecule has 5 rings (SSSR count). The Labute approximate surface area is 228 Å². The van der Waals surface area contributed by atoms with Crippen molar-refractivity contribution in [2.24, 2.45) is 5.73 Å². The monoisotopic (exact) mass is 529 g/mol. The lowest BCUT2D eigenvalue weighted by atomic mass is 9.99. The van der Waals surface area contributed by atoms with Gasteiger partial charge in [0, 0.05) is 44.3 Å². The molecule has 0 radical (unpaired) electrons. The van der Waals surface area contributed by atoms with Crippen LogP contribution in [0, 0.1) is 19.3 Å². The lowest BCUT2D eigenvalue weighted by Gasteiger charge is -2.14. The number of pyridine rings is 1. The van der Waals surface area contributed by atoms with Gasteiger partial charge in [-0.25, -0.2) is 9.97 Å². The lowest BCUT2D eigenvalue weighted by molar-refractivity contribution is 0.111. The predicted molar refractivity (Wildman–Crippen MR) is 151 cm³/mol. The Morgan fingerprint density at radius 2 is 1.87 bits per heavy atom. The van der Waals surface area contributed by atoms with Crippen molar-refractivity contribution in [2.45, 2.75) is 52.7 Å². The number of rotatable bonds is 10. The van der Waals surface area contributed by atoms with Crippen molar-refractivity contribution >= 4 is 23.6 Å². The number of ether oxygens (including phenoxy) is 2. The van der Waals surface area contributed by atoms with Gasteiger partial charge in [-0.2, -0.15) is 4.98 Å². The van der Waals surface area contributed by atoms with Crippen molar-refractivity contribution in [3.63, 3.8) is 0 Å². The number of imidazole rings is 1. The summed E-state index contributed by atoms with van der Waals surface area (Å²) in [6.07, 6.45) is 7.19. The number of carbonyl (C=O) groups excluding carboxylic acids is 1. The van der Waals surface area contributed by atoms with E-state index in [0.29, 0.717) is 36.0 Å². The Balaban J connectivity index is 0.000000826. The van der Waals surface area contributed by atoms with Gasteiger partial charge in [0.25, 0.3) is 0 Å². The third-order valence-electron chi connectivity index (χ3n) is 6.51. The van der Waals surface area contributed by atoms with Crippen LogP contribution >= 0.6 is 0 Å². The summed E-state index contributed by atoms with van der Waals surface area (Å²) in [6.45, 7) is 7.44. The van der Waals surface area contributed by atoms with Crippen LogP contribution in [0.5, 0.6) is 5.88 Å². The van der Waals surface area contributed by atoms with Crippen LogP contribution in [0.25, 0.3) is 5.65 Å². The Morgan fingerprint density at radius 1 is 1.15 bits per heavy atom. The predicted octanol–water partition coefficient (Wildman–Crippen LogP) is 4.56. The van der Waals surface area contributed by atoms with Gasteiger partial charge >= 0.3 is 0 Å². The standard InChI is InChI=1S/C26H27N7O2.C3H8O/c1-15-7-19(26(27)28)8-16(2)21(15)10-29-22-9-25(32-23(13-34)31-22)35-14-20-12-33-11-18(17-3-4-17)5-6-24(33)30-20;1-3-4-2/h5-9,11-13,17H,3-4,10,14H2,1-2H3,(H3,27,28)(H,29,31,32);3H2,1-2H3. The van der Waals surface area contributed by atoms with Crippen LogP contribution in [0.3, 0.4) is 0 Å². The Morgan fingerprint density at radius 3 is 2.49 bits per heavy atom.